The SMILES string of the molecule is CN(C)C(C)(C)COc1c(N)cccc1C(=O)O. The molecule has 1 aromatic rings. The summed E-state index contributed by atoms with van der Waals surface area (Å²) in [4.78, 5) is 13.1. The predicted molar refractivity (Wildman–Crippen MR) is 71.1 cm³/mol. The third-order valence-electron chi connectivity index (χ3n) is 3.06. The van der Waals surface area contributed by atoms with Crippen molar-refractivity contribution in [3.8, 4) is 5.75 Å². The molecule has 100 valence electrons. The summed E-state index contributed by atoms with van der Waals surface area (Å²) < 4.78 is 5.61. The number of rotatable bonds is 5. The minimum atomic E-state index is -1.04. The summed E-state index contributed by atoms with van der Waals surface area (Å²) in [6.45, 7) is 4.37. The second-order valence-corrected chi connectivity index (χ2v) is 5.02. The molecule has 5 nitrogen and oxygen atoms in total. The van der Waals surface area contributed by atoms with Gasteiger partial charge in [0, 0.05) is 5.54 Å². The first-order chi connectivity index (χ1) is 8.25. The Morgan fingerprint density at radius 2 is 2.06 bits per heavy atom. The maximum Gasteiger partial charge on any atom is 0.339 e. The highest BCUT2D eigenvalue weighted by atomic mass is 16.5. The highest BCUT2D eigenvalue weighted by Crippen LogP contribution is 2.27. The van der Waals surface area contributed by atoms with Crippen molar-refractivity contribution in [3.05, 3.63) is 23.8 Å². The summed E-state index contributed by atoms with van der Waals surface area (Å²) in [7, 11) is 3.88. The molecule has 0 spiro atoms. The van der Waals surface area contributed by atoms with E-state index in [9.17, 15) is 4.79 Å². The van der Waals surface area contributed by atoms with Crippen molar-refractivity contribution in [1.29, 1.82) is 0 Å². The summed E-state index contributed by atoms with van der Waals surface area (Å²) in [5.74, 6) is -0.806. The number of para-hydroxylation sites is 1. The average molecular weight is 252 g/mol. The molecule has 0 amide bonds. The van der Waals surface area contributed by atoms with Crippen molar-refractivity contribution < 1.29 is 14.6 Å². The van der Waals surface area contributed by atoms with Gasteiger partial charge in [0.1, 0.15) is 12.2 Å². The van der Waals surface area contributed by atoms with Gasteiger partial charge in [-0.1, -0.05) is 6.07 Å². The maximum atomic E-state index is 11.1. The summed E-state index contributed by atoms with van der Waals surface area (Å²) in [5.41, 5.74) is 5.98. The van der Waals surface area contributed by atoms with Crippen molar-refractivity contribution in [2.75, 3.05) is 26.4 Å². The first-order valence-electron chi connectivity index (χ1n) is 5.67. The van der Waals surface area contributed by atoms with E-state index >= 15 is 0 Å². The van der Waals surface area contributed by atoms with Crippen LogP contribution in [0.15, 0.2) is 18.2 Å². The zero-order valence-electron chi connectivity index (χ0n) is 11.2. The molecule has 0 atom stereocenters. The Labute approximate surface area is 107 Å². The quantitative estimate of drug-likeness (QED) is 0.780. The van der Waals surface area contributed by atoms with E-state index in [2.05, 4.69) is 0 Å². The van der Waals surface area contributed by atoms with Gasteiger partial charge in [-0.05, 0) is 40.1 Å². The molecule has 3 N–H and O–H groups in total. The first kappa shape index (κ1) is 14.3. The number of carboxylic acid groups (broad SMARTS) is 1. The van der Waals surface area contributed by atoms with Crippen LogP contribution in [-0.4, -0.2) is 42.2 Å². The average Bonchev–Trinajstić information content (AvgIpc) is 2.26. The Balaban J connectivity index is 2.95. The third kappa shape index (κ3) is 3.13. The number of nitrogen functional groups attached to an aromatic ring is 1. The topological polar surface area (TPSA) is 75.8 Å². The molecule has 0 aromatic heterocycles. The van der Waals surface area contributed by atoms with E-state index in [1.54, 1.807) is 12.1 Å². The van der Waals surface area contributed by atoms with Crippen molar-refractivity contribution in [2.45, 2.75) is 19.4 Å². The van der Waals surface area contributed by atoms with Gasteiger partial charge in [-0.25, -0.2) is 4.79 Å². The van der Waals surface area contributed by atoms with E-state index < -0.39 is 5.97 Å². The van der Waals surface area contributed by atoms with E-state index in [0.717, 1.165) is 0 Å². The van der Waals surface area contributed by atoms with Crippen LogP contribution in [0.5, 0.6) is 5.75 Å². The molecule has 0 aliphatic carbocycles. The fraction of sp³-hybridized carbons (Fsp3) is 0.462. The zero-order chi connectivity index (χ0) is 13.9. The van der Waals surface area contributed by atoms with Gasteiger partial charge >= 0.3 is 5.97 Å². The van der Waals surface area contributed by atoms with Crippen molar-refractivity contribution in [2.24, 2.45) is 0 Å². The Morgan fingerprint density at radius 3 is 2.56 bits per heavy atom. The number of carbonyl (C=O) groups is 1. The lowest BCUT2D eigenvalue weighted by atomic mass is 10.1. The second-order valence-electron chi connectivity index (χ2n) is 5.02. The van der Waals surface area contributed by atoms with Crippen molar-refractivity contribution in [1.82, 2.24) is 4.90 Å². The number of aromatic carboxylic acids is 1. The second kappa shape index (κ2) is 5.27. The van der Waals surface area contributed by atoms with E-state index in [1.807, 2.05) is 32.8 Å². The molecule has 0 bridgehead atoms. The Bertz CT molecular complexity index is 442. The number of nitrogens with zero attached hydrogens (tertiary/aromatic N) is 1. The minimum absolute atomic E-state index is 0.0876. The summed E-state index contributed by atoms with van der Waals surface area (Å²) in [5, 5.41) is 9.08. The zero-order valence-corrected chi connectivity index (χ0v) is 11.2. The molecule has 18 heavy (non-hydrogen) atoms. The van der Waals surface area contributed by atoms with Crippen LogP contribution < -0.4 is 10.5 Å². The molecular weight excluding hydrogens is 232 g/mol. The van der Waals surface area contributed by atoms with Crippen LogP contribution in [0, 0.1) is 0 Å². The standard InChI is InChI=1S/C13H20N2O3/c1-13(2,15(3)4)8-18-11-9(12(16)17)6-5-7-10(11)14/h5-7H,8,14H2,1-4H3,(H,16,17). The molecular formula is C13H20N2O3. The van der Waals surface area contributed by atoms with Crippen LogP contribution in [-0.2, 0) is 0 Å². The normalized spacial score (nSPS) is 11.6. The molecule has 0 fully saturated rings. The molecule has 0 saturated carbocycles. The summed E-state index contributed by atoms with van der Waals surface area (Å²) >= 11 is 0. The molecule has 5 heteroatoms. The lowest BCUT2D eigenvalue weighted by Gasteiger charge is -2.32. The molecule has 1 aromatic carbocycles. The van der Waals surface area contributed by atoms with Gasteiger partial charge in [-0.3, -0.25) is 0 Å². The fourth-order valence-electron chi connectivity index (χ4n) is 1.26. The van der Waals surface area contributed by atoms with Gasteiger partial charge in [0.05, 0.1) is 5.69 Å². The highest BCUT2D eigenvalue weighted by Gasteiger charge is 2.23. The molecule has 0 saturated heterocycles. The van der Waals surface area contributed by atoms with E-state index in [4.69, 9.17) is 15.6 Å². The molecule has 0 radical (unpaired) electrons. The molecule has 0 heterocycles. The fourth-order valence-corrected chi connectivity index (χ4v) is 1.26. The number of likely N-dealkylation sites (N-methyl/N-ethyl adjacent to an activating group) is 1. The molecule has 1 rings (SSSR count). The van der Waals surface area contributed by atoms with Gasteiger partial charge < -0.3 is 20.5 Å². The smallest absolute Gasteiger partial charge is 0.339 e. The van der Waals surface area contributed by atoms with Crippen molar-refractivity contribution >= 4 is 11.7 Å². The number of hydrogen-bond acceptors (Lipinski definition) is 4. The first-order valence-corrected chi connectivity index (χ1v) is 5.67. The molecule has 0 unspecified atom stereocenters. The Hall–Kier alpha value is -1.75. The number of benzene rings is 1. The van der Waals surface area contributed by atoms with Gasteiger partial charge in [-0.2, -0.15) is 0 Å². The van der Waals surface area contributed by atoms with Gasteiger partial charge in [0.15, 0.2) is 5.75 Å². The number of anilines is 1. The largest absolute Gasteiger partial charge is 0.489 e. The lowest BCUT2D eigenvalue weighted by molar-refractivity contribution is 0.0684. The monoisotopic (exact) mass is 252 g/mol. The van der Waals surface area contributed by atoms with E-state index in [1.165, 1.54) is 6.07 Å². The van der Waals surface area contributed by atoms with Crippen LogP contribution in [0.1, 0.15) is 24.2 Å². The van der Waals surface area contributed by atoms with Crippen LogP contribution >= 0.6 is 0 Å². The number of carboxylic acids is 1. The van der Waals surface area contributed by atoms with Gasteiger partial charge in [-0.15, -0.1) is 0 Å². The van der Waals surface area contributed by atoms with Gasteiger partial charge in [0.2, 0.25) is 0 Å². The van der Waals surface area contributed by atoms with E-state index in [0.29, 0.717) is 12.3 Å². The number of hydrogen-bond donors (Lipinski definition) is 2. The van der Waals surface area contributed by atoms with Crippen LogP contribution in [0.3, 0.4) is 0 Å². The minimum Gasteiger partial charge on any atom is -0.489 e. The maximum absolute atomic E-state index is 11.1. The van der Waals surface area contributed by atoms with Crippen LogP contribution in [0.2, 0.25) is 0 Å². The van der Waals surface area contributed by atoms with Crippen LogP contribution in [0.25, 0.3) is 0 Å². The van der Waals surface area contributed by atoms with E-state index in [-0.39, 0.29) is 16.9 Å². The Morgan fingerprint density at radius 1 is 1.44 bits per heavy atom. The lowest BCUT2D eigenvalue weighted by Crippen LogP contribution is -2.43. The van der Waals surface area contributed by atoms with Gasteiger partial charge in [0.25, 0.3) is 0 Å². The summed E-state index contributed by atoms with van der Waals surface area (Å²) in [6, 6.07) is 4.71. The highest BCUT2D eigenvalue weighted by molar-refractivity contribution is 5.93. The predicted octanol–water partition coefficient (Wildman–Crippen LogP) is 1.69. The molecule has 0 aliphatic heterocycles. The number of nitrogens with two attached hydrogens (primary N) is 1. The molecule has 0 aliphatic rings. The van der Waals surface area contributed by atoms with Crippen LogP contribution in [0.4, 0.5) is 5.69 Å². The Kier molecular flexibility index (Phi) is 4.19. The van der Waals surface area contributed by atoms with Crippen molar-refractivity contribution in [3.63, 3.8) is 0 Å². The third-order valence-corrected chi connectivity index (χ3v) is 3.06. The number of ether oxygens (including phenoxy) is 1. The summed E-state index contributed by atoms with van der Waals surface area (Å²) in [6.07, 6.45) is 0.